The Morgan fingerprint density at radius 3 is 2.56 bits per heavy atom. The predicted molar refractivity (Wildman–Crippen MR) is 84.5 cm³/mol. The molecule has 0 atom stereocenters. The number of hydrogen-bond donors (Lipinski definition) is 1. The molecule has 0 unspecified atom stereocenters. The van der Waals surface area contributed by atoms with Crippen LogP contribution in [-0.4, -0.2) is 28.2 Å². The molecule has 1 aliphatic rings. The van der Waals surface area contributed by atoms with Gasteiger partial charge in [-0.2, -0.15) is 8.78 Å². The van der Waals surface area contributed by atoms with Gasteiger partial charge in [-0.25, -0.2) is 13.1 Å². The minimum Gasteiger partial charge on any atom is -0.486 e. The number of benzene rings is 2. The molecule has 0 aliphatic carbocycles. The van der Waals surface area contributed by atoms with Crippen LogP contribution < -0.4 is 18.9 Å². The first-order valence-electron chi connectivity index (χ1n) is 7.38. The highest BCUT2D eigenvalue weighted by Gasteiger charge is 2.21. The Labute approximate surface area is 143 Å². The third-order valence-corrected chi connectivity index (χ3v) is 4.87. The molecule has 2 aromatic carbocycles. The Morgan fingerprint density at radius 1 is 1.08 bits per heavy atom. The minimum atomic E-state index is -4.04. The normalized spacial score (nSPS) is 13.7. The van der Waals surface area contributed by atoms with Crippen LogP contribution in [0, 0.1) is 0 Å². The van der Waals surface area contributed by atoms with Gasteiger partial charge in [0.05, 0.1) is 0 Å². The zero-order valence-electron chi connectivity index (χ0n) is 12.9. The van der Waals surface area contributed by atoms with Crippen LogP contribution in [-0.2, 0) is 16.6 Å². The van der Waals surface area contributed by atoms with E-state index in [2.05, 4.69) is 9.46 Å². The molecule has 9 heteroatoms. The van der Waals surface area contributed by atoms with E-state index >= 15 is 0 Å². The van der Waals surface area contributed by atoms with E-state index in [1.807, 2.05) is 0 Å². The number of alkyl halides is 2. The highest BCUT2D eigenvalue weighted by molar-refractivity contribution is 7.89. The molecule has 0 spiro atoms. The lowest BCUT2D eigenvalue weighted by molar-refractivity contribution is -0.0517. The molecule has 3 rings (SSSR count). The van der Waals surface area contributed by atoms with Crippen LogP contribution in [0.2, 0.25) is 0 Å². The molecule has 2 aromatic rings. The molecule has 0 amide bonds. The van der Waals surface area contributed by atoms with Crippen molar-refractivity contribution in [1.82, 2.24) is 4.72 Å². The fourth-order valence-electron chi connectivity index (χ4n) is 2.32. The quantitative estimate of drug-likeness (QED) is 0.845. The van der Waals surface area contributed by atoms with Crippen molar-refractivity contribution in [3.63, 3.8) is 0 Å². The van der Waals surface area contributed by atoms with Crippen LogP contribution in [0.25, 0.3) is 0 Å². The number of ether oxygens (including phenoxy) is 3. The third kappa shape index (κ3) is 4.18. The van der Waals surface area contributed by atoms with Gasteiger partial charge in [0.25, 0.3) is 0 Å². The van der Waals surface area contributed by atoms with Crippen molar-refractivity contribution in [2.75, 3.05) is 13.2 Å². The molecule has 0 aromatic heterocycles. The lowest BCUT2D eigenvalue weighted by Crippen LogP contribution is -2.24. The lowest BCUT2D eigenvalue weighted by Gasteiger charge is -2.19. The molecule has 0 saturated heterocycles. The van der Waals surface area contributed by atoms with Gasteiger partial charge in [0.1, 0.15) is 23.9 Å². The van der Waals surface area contributed by atoms with Crippen molar-refractivity contribution >= 4 is 10.0 Å². The van der Waals surface area contributed by atoms with Crippen LogP contribution in [0.4, 0.5) is 8.78 Å². The zero-order valence-corrected chi connectivity index (χ0v) is 13.8. The molecular weight excluding hydrogens is 356 g/mol. The summed E-state index contributed by atoms with van der Waals surface area (Å²) in [5.41, 5.74) is 0.639. The summed E-state index contributed by atoms with van der Waals surface area (Å²) in [6.45, 7) is -2.28. The summed E-state index contributed by atoms with van der Waals surface area (Å²) in [5, 5.41) is 0. The number of para-hydroxylation sites is 1. The van der Waals surface area contributed by atoms with E-state index in [1.165, 1.54) is 24.3 Å². The van der Waals surface area contributed by atoms with Gasteiger partial charge >= 0.3 is 6.61 Å². The Kier molecular flexibility index (Phi) is 5.05. The molecule has 0 fully saturated rings. The summed E-state index contributed by atoms with van der Waals surface area (Å²) in [5.74, 6) is 0.713. The lowest BCUT2D eigenvalue weighted by atomic mass is 10.2. The largest absolute Gasteiger partial charge is 0.486 e. The van der Waals surface area contributed by atoms with Crippen LogP contribution >= 0.6 is 0 Å². The van der Waals surface area contributed by atoms with Crippen LogP contribution in [0.3, 0.4) is 0 Å². The van der Waals surface area contributed by atoms with E-state index in [1.54, 1.807) is 18.2 Å². The fourth-order valence-corrected chi connectivity index (χ4v) is 3.47. The van der Waals surface area contributed by atoms with Gasteiger partial charge in [0.2, 0.25) is 10.0 Å². The minimum absolute atomic E-state index is 0.0397. The fraction of sp³-hybridized carbons (Fsp3) is 0.250. The summed E-state index contributed by atoms with van der Waals surface area (Å²) in [6.07, 6.45) is 0. The maximum absolute atomic E-state index is 12.4. The number of hydrogen-bond acceptors (Lipinski definition) is 5. The summed E-state index contributed by atoms with van der Waals surface area (Å²) in [4.78, 5) is -0.354. The van der Waals surface area contributed by atoms with Crippen molar-refractivity contribution < 1.29 is 31.4 Å². The summed E-state index contributed by atoms with van der Waals surface area (Å²) in [6, 6.07) is 10.3. The second kappa shape index (κ2) is 7.24. The van der Waals surface area contributed by atoms with Crippen molar-refractivity contribution in [3.05, 3.63) is 48.0 Å². The molecule has 0 radical (unpaired) electrons. The van der Waals surface area contributed by atoms with Crippen LogP contribution in [0.15, 0.2) is 47.4 Å². The van der Waals surface area contributed by atoms with Gasteiger partial charge in [-0.1, -0.05) is 18.2 Å². The predicted octanol–water partition coefficient (Wildman–Crippen LogP) is 2.54. The molecular formula is C16H15F2NO5S. The van der Waals surface area contributed by atoms with E-state index in [0.717, 1.165) is 0 Å². The van der Waals surface area contributed by atoms with Gasteiger partial charge in [-0.15, -0.1) is 0 Å². The highest BCUT2D eigenvalue weighted by atomic mass is 32.2. The first-order valence-corrected chi connectivity index (χ1v) is 8.86. The number of halogens is 2. The molecule has 0 saturated carbocycles. The molecule has 25 heavy (non-hydrogen) atoms. The maximum Gasteiger partial charge on any atom is 0.387 e. The zero-order chi connectivity index (χ0) is 17.9. The van der Waals surface area contributed by atoms with E-state index in [4.69, 9.17) is 9.47 Å². The number of nitrogens with one attached hydrogen (secondary N) is 1. The number of sulfonamides is 1. The van der Waals surface area contributed by atoms with Gasteiger partial charge in [-0.05, 0) is 29.8 Å². The standard InChI is InChI=1S/C16H15F2NO5S/c17-16(18)24-13-3-1-2-4-15(13)25(20,21)19-10-11-5-6-12-14(9-11)23-8-7-22-12/h1-6,9,16,19H,7-8,10H2. The second-order valence-electron chi connectivity index (χ2n) is 5.13. The van der Waals surface area contributed by atoms with Crippen LogP contribution in [0.1, 0.15) is 5.56 Å². The van der Waals surface area contributed by atoms with Crippen molar-refractivity contribution in [2.45, 2.75) is 18.1 Å². The summed E-state index contributed by atoms with van der Waals surface area (Å²) < 4.78 is 67.1. The highest BCUT2D eigenvalue weighted by Crippen LogP contribution is 2.31. The van der Waals surface area contributed by atoms with E-state index in [9.17, 15) is 17.2 Å². The van der Waals surface area contributed by atoms with Crippen molar-refractivity contribution in [1.29, 1.82) is 0 Å². The van der Waals surface area contributed by atoms with Gasteiger partial charge < -0.3 is 14.2 Å². The van der Waals surface area contributed by atoms with Crippen LogP contribution in [0.5, 0.6) is 17.2 Å². The first-order chi connectivity index (χ1) is 12.0. The van der Waals surface area contributed by atoms with Crippen molar-refractivity contribution in [2.24, 2.45) is 0 Å². The third-order valence-electron chi connectivity index (χ3n) is 3.43. The Hall–Kier alpha value is -2.39. The average molecular weight is 371 g/mol. The summed E-state index contributed by atoms with van der Waals surface area (Å²) in [7, 11) is -4.04. The number of rotatable bonds is 6. The van der Waals surface area contributed by atoms with Gasteiger partial charge in [0.15, 0.2) is 11.5 Å². The Bertz CT molecular complexity index is 857. The second-order valence-corrected chi connectivity index (χ2v) is 6.86. The molecule has 6 nitrogen and oxygen atoms in total. The SMILES string of the molecule is O=S(=O)(NCc1ccc2c(c1)OCCO2)c1ccccc1OC(F)F. The maximum atomic E-state index is 12.4. The average Bonchev–Trinajstić information content (AvgIpc) is 2.60. The monoisotopic (exact) mass is 371 g/mol. The number of fused-ring (bicyclic) bond motifs is 1. The topological polar surface area (TPSA) is 73.9 Å². The van der Waals surface area contributed by atoms with E-state index in [-0.39, 0.29) is 11.4 Å². The van der Waals surface area contributed by atoms with E-state index in [0.29, 0.717) is 30.3 Å². The molecule has 134 valence electrons. The smallest absolute Gasteiger partial charge is 0.387 e. The Balaban J connectivity index is 1.76. The Morgan fingerprint density at radius 2 is 1.80 bits per heavy atom. The molecule has 1 heterocycles. The van der Waals surface area contributed by atoms with Crippen molar-refractivity contribution in [3.8, 4) is 17.2 Å². The van der Waals surface area contributed by atoms with Gasteiger partial charge in [-0.3, -0.25) is 0 Å². The van der Waals surface area contributed by atoms with Gasteiger partial charge in [0, 0.05) is 6.54 Å². The molecule has 1 N–H and O–H groups in total. The first kappa shape index (κ1) is 17.4. The molecule has 0 bridgehead atoms. The summed E-state index contributed by atoms with van der Waals surface area (Å²) >= 11 is 0. The molecule has 1 aliphatic heterocycles. The van der Waals surface area contributed by atoms with E-state index < -0.39 is 22.4 Å².